The van der Waals surface area contributed by atoms with Crippen LogP contribution in [0.2, 0.25) is 0 Å². The highest BCUT2D eigenvalue weighted by atomic mass is 16.5. The molecule has 1 aromatic carbocycles. The van der Waals surface area contributed by atoms with Gasteiger partial charge in [0.15, 0.2) is 0 Å². The molecule has 1 atom stereocenters. The molecular formula is C14H24N2O2. The molecule has 0 fully saturated rings. The predicted molar refractivity (Wildman–Crippen MR) is 73.5 cm³/mol. The van der Waals surface area contributed by atoms with Crippen LogP contribution < -0.4 is 16.0 Å². The number of hydrogen-bond acceptors (Lipinski definition) is 4. The van der Waals surface area contributed by atoms with E-state index in [-0.39, 0.29) is 6.04 Å². The van der Waals surface area contributed by atoms with Crippen LogP contribution >= 0.6 is 0 Å². The zero-order valence-corrected chi connectivity index (χ0v) is 11.5. The van der Waals surface area contributed by atoms with E-state index < -0.39 is 0 Å². The number of hydrazine groups is 1. The van der Waals surface area contributed by atoms with E-state index in [0.29, 0.717) is 0 Å². The summed E-state index contributed by atoms with van der Waals surface area (Å²) in [6.07, 6.45) is 1.90. The number of hydrogen-bond donors (Lipinski definition) is 2. The minimum absolute atomic E-state index is 0.0975. The molecule has 1 unspecified atom stereocenters. The Morgan fingerprint density at radius 1 is 1.39 bits per heavy atom. The fourth-order valence-electron chi connectivity index (χ4n) is 1.99. The first kappa shape index (κ1) is 15.0. The Kier molecular flexibility index (Phi) is 6.72. The maximum Gasteiger partial charge on any atom is 0.123 e. The lowest BCUT2D eigenvalue weighted by atomic mass is 9.99. The summed E-state index contributed by atoms with van der Waals surface area (Å²) in [5.74, 6) is 6.52. The smallest absolute Gasteiger partial charge is 0.123 e. The standard InChI is InChI=1S/C14H24N2O2/c1-4-18-9-5-6-13(16-15)12-10-11(2)7-8-14(12)17-3/h7-8,10,13,16H,4-6,9,15H2,1-3H3. The molecule has 0 aliphatic carbocycles. The van der Waals surface area contributed by atoms with Crippen molar-refractivity contribution in [3.8, 4) is 5.75 Å². The summed E-state index contributed by atoms with van der Waals surface area (Å²) in [6.45, 7) is 5.59. The van der Waals surface area contributed by atoms with E-state index in [1.165, 1.54) is 5.56 Å². The summed E-state index contributed by atoms with van der Waals surface area (Å²) < 4.78 is 10.7. The lowest BCUT2D eigenvalue weighted by molar-refractivity contribution is 0.140. The SMILES string of the molecule is CCOCCCC(NN)c1cc(C)ccc1OC. The number of nitrogens with one attached hydrogen (secondary N) is 1. The third-order valence-electron chi connectivity index (χ3n) is 2.95. The minimum atomic E-state index is 0.0975. The van der Waals surface area contributed by atoms with Crippen molar-refractivity contribution in [1.29, 1.82) is 0 Å². The summed E-state index contributed by atoms with van der Waals surface area (Å²) in [5.41, 5.74) is 5.17. The highest BCUT2D eigenvalue weighted by molar-refractivity contribution is 5.39. The Balaban J connectivity index is 2.71. The highest BCUT2D eigenvalue weighted by Crippen LogP contribution is 2.28. The van der Waals surface area contributed by atoms with Crippen LogP contribution in [0.25, 0.3) is 0 Å². The zero-order chi connectivity index (χ0) is 13.4. The minimum Gasteiger partial charge on any atom is -0.496 e. The molecule has 0 aliphatic rings. The molecule has 1 aromatic rings. The first-order chi connectivity index (χ1) is 8.72. The van der Waals surface area contributed by atoms with E-state index in [2.05, 4.69) is 18.4 Å². The molecule has 0 radical (unpaired) electrons. The lowest BCUT2D eigenvalue weighted by Crippen LogP contribution is -2.28. The van der Waals surface area contributed by atoms with E-state index in [9.17, 15) is 0 Å². The van der Waals surface area contributed by atoms with Gasteiger partial charge in [0.05, 0.1) is 7.11 Å². The molecule has 4 nitrogen and oxygen atoms in total. The van der Waals surface area contributed by atoms with Gasteiger partial charge in [0, 0.05) is 24.8 Å². The molecule has 0 spiro atoms. The normalized spacial score (nSPS) is 12.4. The van der Waals surface area contributed by atoms with Gasteiger partial charge in [0.25, 0.3) is 0 Å². The molecule has 0 heterocycles. The molecule has 0 bridgehead atoms. The van der Waals surface area contributed by atoms with E-state index in [4.69, 9.17) is 15.3 Å². The predicted octanol–water partition coefficient (Wildman–Crippen LogP) is 2.32. The molecule has 3 N–H and O–H groups in total. The number of rotatable bonds is 8. The van der Waals surface area contributed by atoms with Crippen molar-refractivity contribution in [2.45, 2.75) is 32.7 Å². The molecule has 18 heavy (non-hydrogen) atoms. The average molecular weight is 252 g/mol. The van der Waals surface area contributed by atoms with Crippen molar-refractivity contribution >= 4 is 0 Å². The third-order valence-corrected chi connectivity index (χ3v) is 2.95. The maximum absolute atomic E-state index is 5.65. The summed E-state index contributed by atoms with van der Waals surface area (Å²) in [4.78, 5) is 0. The Bertz CT molecular complexity index is 356. The maximum atomic E-state index is 5.65. The lowest BCUT2D eigenvalue weighted by Gasteiger charge is -2.19. The average Bonchev–Trinajstić information content (AvgIpc) is 2.39. The van der Waals surface area contributed by atoms with Crippen molar-refractivity contribution in [2.75, 3.05) is 20.3 Å². The molecule has 0 saturated heterocycles. The molecule has 102 valence electrons. The Morgan fingerprint density at radius 3 is 2.78 bits per heavy atom. The van der Waals surface area contributed by atoms with Crippen LogP contribution in [-0.2, 0) is 4.74 Å². The van der Waals surface area contributed by atoms with Crippen LogP contribution in [0.4, 0.5) is 0 Å². The van der Waals surface area contributed by atoms with Crippen LogP contribution in [0, 0.1) is 6.92 Å². The van der Waals surface area contributed by atoms with Crippen LogP contribution in [0.3, 0.4) is 0 Å². The topological polar surface area (TPSA) is 56.5 Å². The highest BCUT2D eigenvalue weighted by Gasteiger charge is 2.14. The van der Waals surface area contributed by atoms with E-state index in [1.807, 2.05) is 19.1 Å². The number of nitrogens with two attached hydrogens (primary N) is 1. The van der Waals surface area contributed by atoms with Gasteiger partial charge < -0.3 is 9.47 Å². The summed E-state index contributed by atoms with van der Waals surface area (Å²) in [6, 6.07) is 6.23. The van der Waals surface area contributed by atoms with Crippen molar-refractivity contribution in [3.63, 3.8) is 0 Å². The number of methoxy groups -OCH3 is 1. The Morgan fingerprint density at radius 2 is 2.17 bits per heavy atom. The van der Waals surface area contributed by atoms with Gasteiger partial charge in [-0.1, -0.05) is 17.7 Å². The second-order valence-corrected chi connectivity index (χ2v) is 4.30. The van der Waals surface area contributed by atoms with Gasteiger partial charge in [0.2, 0.25) is 0 Å². The Labute approximate surface area is 109 Å². The van der Waals surface area contributed by atoms with Crippen molar-refractivity contribution in [2.24, 2.45) is 5.84 Å². The van der Waals surface area contributed by atoms with Crippen LogP contribution in [0.15, 0.2) is 18.2 Å². The summed E-state index contributed by atoms with van der Waals surface area (Å²) >= 11 is 0. The van der Waals surface area contributed by atoms with Gasteiger partial charge in [-0.2, -0.15) is 0 Å². The molecular weight excluding hydrogens is 228 g/mol. The number of ether oxygens (including phenoxy) is 2. The second-order valence-electron chi connectivity index (χ2n) is 4.30. The largest absolute Gasteiger partial charge is 0.496 e. The molecule has 0 amide bonds. The van der Waals surface area contributed by atoms with Crippen molar-refractivity contribution in [1.82, 2.24) is 5.43 Å². The molecule has 0 aromatic heterocycles. The quantitative estimate of drug-likeness (QED) is 0.423. The van der Waals surface area contributed by atoms with Gasteiger partial charge in [-0.15, -0.1) is 0 Å². The van der Waals surface area contributed by atoms with E-state index in [0.717, 1.165) is 37.4 Å². The monoisotopic (exact) mass is 252 g/mol. The number of aryl methyl sites for hydroxylation is 1. The van der Waals surface area contributed by atoms with Crippen LogP contribution in [0.5, 0.6) is 5.75 Å². The van der Waals surface area contributed by atoms with E-state index in [1.54, 1.807) is 7.11 Å². The van der Waals surface area contributed by atoms with Gasteiger partial charge in [0.1, 0.15) is 5.75 Å². The first-order valence-corrected chi connectivity index (χ1v) is 6.41. The number of benzene rings is 1. The Hall–Kier alpha value is -1.10. The van der Waals surface area contributed by atoms with Crippen molar-refractivity contribution in [3.05, 3.63) is 29.3 Å². The van der Waals surface area contributed by atoms with Crippen LogP contribution in [0.1, 0.15) is 36.9 Å². The fraction of sp³-hybridized carbons (Fsp3) is 0.571. The van der Waals surface area contributed by atoms with Crippen LogP contribution in [-0.4, -0.2) is 20.3 Å². The summed E-state index contributed by atoms with van der Waals surface area (Å²) in [7, 11) is 1.68. The molecule has 1 rings (SSSR count). The molecule has 0 aliphatic heterocycles. The summed E-state index contributed by atoms with van der Waals surface area (Å²) in [5, 5.41) is 0. The van der Waals surface area contributed by atoms with Gasteiger partial charge in [-0.3, -0.25) is 11.3 Å². The van der Waals surface area contributed by atoms with Gasteiger partial charge >= 0.3 is 0 Å². The van der Waals surface area contributed by atoms with Gasteiger partial charge in [-0.05, 0) is 32.8 Å². The van der Waals surface area contributed by atoms with Crippen molar-refractivity contribution < 1.29 is 9.47 Å². The zero-order valence-electron chi connectivity index (χ0n) is 11.5. The molecule has 4 heteroatoms. The third kappa shape index (κ3) is 4.29. The fourth-order valence-corrected chi connectivity index (χ4v) is 1.99. The second kappa shape index (κ2) is 8.08. The van der Waals surface area contributed by atoms with E-state index >= 15 is 0 Å². The molecule has 0 saturated carbocycles. The first-order valence-electron chi connectivity index (χ1n) is 6.41. The van der Waals surface area contributed by atoms with Gasteiger partial charge in [-0.25, -0.2) is 0 Å².